The summed E-state index contributed by atoms with van der Waals surface area (Å²) in [7, 11) is 0. The zero-order valence-corrected chi connectivity index (χ0v) is 74.1. The SMILES string of the molecule is C#Cc1cccc(C#N)c1C(C)(C)C.CC(C)(C)c1c(-c2ccccc2)cncc1-c1ccccc1.CC(C)(C)c1cc(-c2ccccc2)nc(-c2ccccc2)c1.CC(C)(C)c1nc(-c2ccccc2)cc(-c2ccccc2)n1.[2H]C([2H])(C)c1ncccc1C(C)(C)C.[2H]C([2H])([2H])c1cc(C(C)(C)C)cc(C([2H])([2H])C)n1.[2H]C([2H])([2H])c1ccc(C(C)(C)C)c(C([2H])([2H])C)n1. The topological polar surface area (TPSA) is 114 Å². The second-order valence-electron chi connectivity index (χ2n) is 36.0. The lowest BCUT2D eigenvalue weighted by Crippen LogP contribution is -2.16. The van der Waals surface area contributed by atoms with Crippen LogP contribution in [0.1, 0.15) is 261 Å². The molecule has 0 atom stereocenters. The van der Waals surface area contributed by atoms with Crippen molar-refractivity contribution >= 4 is 0 Å². The summed E-state index contributed by atoms with van der Waals surface area (Å²) in [6.07, 6.45) is 6.35. The van der Waals surface area contributed by atoms with Gasteiger partial charge in [-0.15, -0.1) is 6.42 Å². The van der Waals surface area contributed by atoms with Gasteiger partial charge in [-0.1, -0.05) is 372 Å². The van der Waals surface area contributed by atoms with Gasteiger partial charge in [0.05, 0.1) is 34.4 Å². The van der Waals surface area contributed by atoms with E-state index in [0.717, 1.165) is 78.7 Å². The van der Waals surface area contributed by atoms with E-state index >= 15 is 0 Å². The van der Waals surface area contributed by atoms with Crippen molar-refractivity contribution in [2.45, 2.75) is 237 Å². The molecule has 0 saturated carbocycles. The number of terminal acetylenes is 1. The first-order valence-electron chi connectivity index (χ1n) is 46.3. The Labute approximate surface area is 727 Å². The molecular weight excluding hydrogens is 1430 g/mol. The Morgan fingerprint density at radius 3 is 1.08 bits per heavy atom. The van der Waals surface area contributed by atoms with Crippen molar-refractivity contribution in [2.24, 2.45) is 0 Å². The zero-order chi connectivity index (χ0) is 97.2. The Balaban J connectivity index is 0.000000209. The molecule has 118 heavy (non-hydrogen) atoms. The third-order valence-electron chi connectivity index (χ3n) is 19.1. The standard InChI is InChI=1S/2C21H21N.C20H20N2.C13H13N.2C12H19N.C11H17N/c1-21(2,3)20-18(16-10-6-4-7-11-16)14-22-15-19(20)17-12-8-5-9-13-17;1-21(2,3)18-14-19(16-10-6-4-7-11-16)22-20(15-18)17-12-8-5-9-13-17;1-20(2,3)19-21-17(15-10-6-4-7-11-15)14-18(22-19)16-12-8-5-9-13-16;1-5-10-7-6-8-11(9-14)12(10)13(2,3)4;1-6-11-8-10(12(3,4)5)7-9(2)13-11;1-6-11-10(12(3,4)5)8-7-9(2)13-11;1-5-10-9(11(2,3)4)7-6-8-12-10/h2*4-15H,1-3H3;4-14H,1-3H3;1,6-8H,2-4H3;2*7-8H,6H2,1-5H3;6-8H,5H2,1-4H3/i;;;;2*2D3,6D2;5D2. The van der Waals surface area contributed by atoms with E-state index < -0.39 is 32.8 Å². The quantitative estimate of drug-likeness (QED) is 0.131. The largest absolute Gasteiger partial charge is 0.263 e. The molecule has 0 aliphatic rings. The fraction of sp³-hybridized carbons (Fsp3) is 0.327. The first-order valence-corrected chi connectivity index (χ1v) is 40.3. The molecule has 0 aliphatic carbocycles. The van der Waals surface area contributed by atoms with Gasteiger partial charge in [-0.3, -0.25) is 19.9 Å². The van der Waals surface area contributed by atoms with E-state index in [9.17, 15) is 0 Å². The van der Waals surface area contributed by atoms with Crippen LogP contribution in [0.2, 0.25) is 0 Å². The van der Waals surface area contributed by atoms with Crippen molar-refractivity contribution in [1.82, 2.24) is 34.9 Å². The van der Waals surface area contributed by atoms with Crippen LogP contribution in [-0.4, -0.2) is 34.9 Å². The average Bonchev–Trinajstić information content (AvgIpc) is 0.781. The molecule has 0 radical (unpaired) electrons. The molecule has 0 amide bonds. The molecule has 0 bridgehead atoms. The smallest absolute Gasteiger partial charge is 0.135 e. The van der Waals surface area contributed by atoms with Crippen LogP contribution < -0.4 is 0 Å². The van der Waals surface area contributed by atoms with Crippen LogP contribution in [0, 0.1) is 37.4 Å². The number of aromatic nitrogens is 7. The molecule has 7 aromatic carbocycles. The molecule has 0 unspecified atom stereocenters. The monoisotopic (exact) mass is 1580 g/mol. The lowest BCUT2D eigenvalue weighted by Gasteiger charge is -2.26. The number of pyridine rings is 5. The number of nitriles is 1. The highest BCUT2D eigenvalue weighted by Gasteiger charge is 2.27. The van der Waals surface area contributed by atoms with E-state index in [-0.39, 0.29) is 60.7 Å². The van der Waals surface area contributed by atoms with Crippen molar-refractivity contribution in [3.05, 3.63) is 352 Å². The highest BCUT2D eigenvalue weighted by molar-refractivity contribution is 5.79. The van der Waals surface area contributed by atoms with Crippen LogP contribution in [0.4, 0.5) is 0 Å². The van der Waals surface area contributed by atoms with Crippen LogP contribution in [0.3, 0.4) is 0 Å². The molecule has 8 nitrogen and oxygen atoms in total. The first-order chi connectivity index (χ1) is 60.0. The lowest BCUT2D eigenvalue weighted by atomic mass is 9.78. The third kappa shape index (κ3) is 27.8. The number of hydrogen-bond donors (Lipinski definition) is 0. The molecule has 6 heterocycles. The van der Waals surface area contributed by atoms with E-state index in [1.54, 1.807) is 37.4 Å². The normalized spacial score (nSPS) is 13.5. The second-order valence-corrected chi connectivity index (χ2v) is 36.0. The van der Waals surface area contributed by atoms with Gasteiger partial charge in [0.2, 0.25) is 0 Å². The maximum Gasteiger partial charge on any atom is 0.135 e. The zero-order valence-electron chi connectivity index (χ0n) is 86.1. The molecular formula is C110H130N8. The molecule has 13 aromatic rings. The van der Waals surface area contributed by atoms with Crippen molar-refractivity contribution in [1.29, 1.82) is 5.26 Å². The van der Waals surface area contributed by atoms with Crippen LogP contribution in [-0.2, 0) is 57.0 Å². The minimum absolute atomic E-state index is 0.0410. The maximum absolute atomic E-state index is 8.98. The Morgan fingerprint density at radius 1 is 0.339 bits per heavy atom. The third-order valence-corrected chi connectivity index (χ3v) is 19.1. The summed E-state index contributed by atoms with van der Waals surface area (Å²) in [5, 5.41) is 8.98. The Bertz CT molecular complexity index is 5470. The summed E-state index contributed by atoms with van der Waals surface area (Å²) >= 11 is 0. The van der Waals surface area contributed by atoms with Gasteiger partial charge in [0.15, 0.2) is 0 Å². The predicted molar refractivity (Wildman–Crippen MR) is 503 cm³/mol. The number of aryl methyl sites for hydroxylation is 5. The molecule has 0 N–H and O–H groups in total. The molecule has 0 aliphatic heterocycles. The van der Waals surface area contributed by atoms with E-state index in [2.05, 4.69) is 287 Å². The molecule has 0 saturated heterocycles. The van der Waals surface area contributed by atoms with Gasteiger partial charge in [0.1, 0.15) is 5.82 Å². The summed E-state index contributed by atoms with van der Waals surface area (Å²) in [5.41, 5.74) is 21.2. The van der Waals surface area contributed by atoms with Crippen molar-refractivity contribution in [3.8, 4) is 85.7 Å². The maximum atomic E-state index is 8.98. The fourth-order valence-corrected chi connectivity index (χ4v) is 12.8. The number of nitrogens with zero attached hydrogens (tertiary/aromatic N) is 8. The van der Waals surface area contributed by atoms with Gasteiger partial charge < -0.3 is 0 Å². The summed E-state index contributed by atoms with van der Waals surface area (Å²) in [5.74, 6) is 3.49. The van der Waals surface area contributed by atoms with Crippen LogP contribution >= 0.6 is 0 Å². The van der Waals surface area contributed by atoms with Gasteiger partial charge >= 0.3 is 0 Å². The van der Waals surface area contributed by atoms with E-state index in [1.807, 2.05) is 127 Å². The predicted octanol–water partition coefficient (Wildman–Crippen LogP) is 28.8. The van der Waals surface area contributed by atoms with Gasteiger partial charge in [-0.2, -0.15) is 5.26 Å². The highest BCUT2D eigenvalue weighted by atomic mass is 14.9. The van der Waals surface area contributed by atoms with Gasteiger partial charge in [-0.05, 0) is 164 Å². The van der Waals surface area contributed by atoms with Gasteiger partial charge in [0, 0.05) is 108 Å². The van der Waals surface area contributed by atoms with Crippen LogP contribution in [0.5, 0.6) is 0 Å². The summed E-state index contributed by atoms with van der Waals surface area (Å²) in [6.45, 7) is 43.8. The first kappa shape index (κ1) is 76.4. The minimum atomic E-state index is -2.32. The Hall–Kier alpha value is -11.6. The van der Waals surface area contributed by atoms with Crippen LogP contribution in [0.25, 0.3) is 67.3 Å². The molecule has 6 aromatic heterocycles. The summed E-state index contributed by atoms with van der Waals surface area (Å²) in [4.78, 5) is 31.1. The van der Waals surface area contributed by atoms with E-state index in [0.29, 0.717) is 11.3 Å². The van der Waals surface area contributed by atoms with Gasteiger partial charge in [0.25, 0.3) is 0 Å². The van der Waals surface area contributed by atoms with E-state index in [4.69, 9.17) is 43.1 Å². The van der Waals surface area contributed by atoms with Crippen molar-refractivity contribution in [2.75, 3.05) is 0 Å². The number of hydrogen-bond acceptors (Lipinski definition) is 8. The van der Waals surface area contributed by atoms with Crippen molar-refractivity contribution < 1.29 is 16.4 Å². The van der Waals surface area contributed by atoms with Crippen LogP contribution in [0.15, 0.2) is 273 Å². The minimum Gasteiger partial charge on any atom is -0.263 e. The Morgan fingerprint density at radius 2 is 0.729 bits per heavy atom. The number of rotatable bonds is 9. The fourth-order valence-electron chi connectivity index (χ4n) is 12.8. The molecule has 0 spiro atoms. The average molecular weight is 1580 g/mol. The van der Waals surface area contributed by atoms with Crippen molar-refractivity contribution in [3.63, 3.8) is 0 Å². The molecule has 13 rings (SSSR count). The summed E-state index contributed by atoms with van der Waals surface area (Å²) < 4.78 is 90.7. The molecule has 0 fully saturated rings. The van der Waals surface area contributed by atoms with E-state index in [1.165, 1.54) is 53.3 Å². The highest BCUT2D eigenvalue weighted by Crippen LogP contribution is 2.40. The molecule has 8 heteroatoms. The summed E-state index contributed by atoms with van der Waals surface area (Å²) in [6, 6.07) is 86.7. The Kier molecular flexibility index (Phi) is 27.2. The number of benzene rings is 7. The lowest BCUT2D eigenvalue weighted by molar-refractivity contribution is 0.547. The van der Waals surface area contributed by atoms with Gasteiger partial charge in [-0.25, -0.2) is 15.0 Å². The molecule has 610 valence electrons. The second kappa shape index (κ2) is 42.0.